The molecule has 0 aliphatic carbocycles. The summed E-state index contributed by atoms with van der Waals surface area (Å²) < 4.78 is 68.2. The Hall–Kier alpha value is -1.94. The van der Waals surface area contributed by atoms with E-state index in [9.17, 15) is 43.2 Å². The summed E-state index contributed by atoms with van der Waals surface area (Å²) in [5, 5.41) is 10.6. The molecule has 17 nitrogen and oxygen atoms in total. The predicted octanol–water partition coefficient (Wildman–Crippen LogP) is 20.8. The number of aliphatic hydroxyl groups excluding tert-OH is 1. The van der Waals surface area contributed by atoms with Gasteiger partial charge in [0.1, 0.15) is 19.3 Å². The lowest BCUT2D eigenvalue weighted by Gasteiger charge is -2.21. The number of rotatable bonds is 71. The summed E-state index contributed by atoms with van der Waals surface area (Å²) >= 11 is 0. The maximum atomic E-state index is 13.0. The highest BCUT2D eigenvalue weighted by Gasteiger charge is 2.30. The van der Waals surface area contributed by atoms with Crippen molar-refractivity contribution in [1.82, 2.24) is 0 Å². The molecule has 19 heteroatoms. The van der Waals surface area contributed by atoms with Gasteiger partial charge in [-0.3, -0.25) is 37.3 Å². The van der Waals surface area contributed by atoms with Crippen molar-refractivity contribution in [3.8, 4) is 0 Å². The quantitative estimate of drug-likeness (QED) is 0.0222. The fraction of sp³-hybridized carbons (Fsp3) is 0.944. The largest absolute Gasteiger partial charge is 0.472 e. The molecule has 0 fully saturated rings. The number of aliphatic hydroxyl groups is 1. The van der Waals surface area contributed by atoms with Crippen LogP contribution in [0.4, 0.5) is 0 Å². The Bertz CT molecular complexity index is 1770. The van der Waals surface area contributed by atoms with Crippen LogP contribution in [-0.2, 0) is 65.4 Å². The third kappa shape index (κ3) is 65.1. The molecule has 0 spiro atoms. The topological polar surface area (TPSA) is 237 Å². The maximum Gasteiger partial charge on any atom is 0.472 e. The third-order valence-corrected chi connectivity index (χ3v) is 19.0. The number of phosphoric acid groups is 2. The van der Waals surface area contributed by atoms with Gasteiger partial charge < -0.3 is 33.8 Å². The summed E-state index contributed by atoms with van der Waals surface area (Å²) in [5.41, 5.74) is 0. The molecular weight excluding hydrogens is 1200 g/mol. The number of hydrogen-bond donors (Lipinski definition) is 3. The first-order chi connectivity index (χ1) is 43.9. The first-order valence-corrected chi connectivity index (χ1v) is 40.5. The molecule has 6 atom stereocenters. The minimum atomic E-state index is -4.95. The zero-order valence-corrected chi connectivity index (χ0v) is 60.9. The number of hydrogen-bond acceptors (Lipinski definition) is 15. The second-order valence-electron chi connectivity index (χ2n) is 26.7. The molecule has 0 aromatic heterocycles. The second kappa shape index (κ2) is 64.1. The highest BCUT2D eigenvalue weighted by atomic mass is 31.2. The Morgan fingerprint density at radius 2 is 0.560 bits per heavy atom. The monoisotopic (exact) mass is 1340 g/mol. The van der Waals surface area contributed by atoms with E-state index in [0.717, 1.165) is 109 Å². The Kier molecular flexibility index (Phi) is 62.7. The fourth-order valence-electron chi connectivity index (χ4n) is 10.9. The molecule has 0 aromatic rings. The molecule has 0 saturated heterocycles. The molecule has 0 aliphatic heterocycles. The maximum absolute atomic E-state index is 13.0. The van der Waals surface area contributed by atoms with Crippen LogP contribution in [0.1, 0.15) is 369 Å². The van der Waals surface area contributed by atoms with E-state index in [1.165, 1.54) is 173 Å². The number of esters is 4. The molecule has 91 heavy (non-hydrogen) atoms. The zero-order chi connectivity index (χ0) is 67.2. The van der Waals surface area contributed by atoms with Crippen LogP contribution in [0.15, 0.2) is 0 Å². The van der Waals surface area contributed by atoms with E-state index in [2.05, 4.69) is 41.5 Å². The van der Waals surface area contributed by atoms with Crippen LogP contribution in [0.3, 0.4) is 0 Å². The van der Waals surface area contributed by atoms with Gasteiger partial charge in [0, 0.05) is 25.7 Å². The van der Waals surface area contributed by atoms with Crippen LogP contribution in [0.25, 0.3) is 0 Å². The predicted molar refractivity (Wildman–Crippen MR) is 368 cm³/mol. The Labute approximate surface area is 556 Å². The van der Waals surface area contributed by atoms with Crippen molar-refractivity contribution >= 4 is 39.5 Å². The van der Waals surface area contributed by atoms with Crippen LogP contribution in [0, 0.1) is 11.8 Å². The first-order valence-electron chi connectivity index (χ1n) is 37.5. The number of unbranched alkanes of at least 4 members (excludes halogenated alkanes) is 40. The average Bonchev–Trinajstić information content (AvgIpc) is 3.67. The van der Waals surface area contributed by atoms with Gasteiger partial charge in [0.15, 0.2) is 12.2 Å². The van der Waals surface area contributed by atoms with Crippen molar-refractivity contribution in [2.75, 3.05) is 39.6 Å². The molecule has 540 valence electrons. The Balaban J connectivity index is 5.12. The van der Waals surface area contributed by atoms with Crippen LogP contribution < -0.4 is 0 Å². The van der Waals surface area contributed by atoms with E-state index >= 15 is 0 Å². The Morgan fingerprint density at radius 1 is 0.319 bits per heavy atom. The second-order valence-corrected chi connectivity index (χ2v) is 29.6. The van der Waals surface area contributed by atoms with Gasteiger partial charge >= 0.3 is 39.5 Å². The van der Waals surface area contributed by atoms with Gasteiger partial charge in [-0.05, 0) is 37.5 Å². The molecule has 0 aromatic carbocycles. The molecule has 0 saturated carbocycles. The van der Waals surface area contributed by atoms with Gasteiger partial charge in [-0.2, -0.15) is 0 Å². The van der Waals surface area contributed by atoms with Gasteiger partial charge in [0.05, 0.1) is 26.4 Å². The molecule has 0 heterocycles. The van der Waals surface area contributed by atoms with Gasteiger partial charge in [-0.25, -0.2) is 9.13 Å². The zero-order valence-electron chi connectivity index (χ0n) is 59.1. The van der Waals surface area contributed by atoms with Crippen LogP contribution >= 0.6 is 15.6 Å². The lowest BCUT2D eigenvalue weighted by Crippen LogP contribution is -2.30. The Morgan fingerprint density at radius 3 is 0.835 bits per heavy atom. The third-order valence-electron chi connectivity index (χ3n) is 17.1. The molecule has 3 N–H and O–H groups in total. The molecule has 0 bridgehead atoms. The van der Waals surface area contributed by atoms with Gasteiger partial charge in [-0.1, -0.05) is 318 Å². The molecule has 0 aliphatic rings. The van der Waals surface area contributed by atoms with E-state index in [0.29, 0.717) is 31.6 Å². The highest BCUT2D eigenvalue weighted by molar-refractivity contribution is 7.47. The number of carbonyl (C=O) groups excluding carboxylic acids is 4. The minimum Gasteiger partial charge on any atom is -0.462 e. The van der Waals surface area contributed by atoms with E-state index in [4.69, 9.17) is 37.0 Å². The lowest BCUT2D eigenvalue weighted by atomic mass is 9.99. The van der Waals surface area contributed by atoms with Crippen LogP contribution in [0.5, 0.6) is 0 Å². The van der Waals surface area contributed by atoms with E-state index in [1.54, 1.807) is 0 Å². The number of phosphoric ester groups is 2. The van der Waals surface area contributed by atoms with Gasteiger partial charge in [0.25, 0.3) is 0 Å². The van der Waals surface area contributed by atoms with Crippen molar-refractivity contribution < 1.29 is 80.2 Å². The summed E-state index contributed by atoms with van der Waals surface area (Å²) in [6.45, 7) is 9.45. The van der Waals surface area contributed by atoms with Gasteiger partial charge in [-0.15, -0.1) is 0 Å². The molecule has 0 amide bonds. The standard InChI is InChI=1S/C72H140O17P2/c1-7-10-12-14-16-17-18-19-20-21-22-23-24-25-26-27-28-29-30-38-44-50-56-71(76)88-68(61-83-70(75)55-49-43-37-32-31-36-41-47-53-65(6)9-3)63-87-91(80,81)85-59-66(73)58-84-90(78,79)86-62-67(60-82-69(74)54-48-42-34-15-13-11-8-2)89-72(77)57-51-45-39-33-35-40-46-52-64(4)5/h64-68,73H,7-63H2,1-6H3,(H,78,79)(H,80,81)/t65?,66-,67+,68+/m0/s1. The number of carbonyl (C=O) groups is 4. The fourth-order valence-corrected chi connectivity index (χ4v) is 12.5. The normalized spacial score (nSPS) is 14.4. The van der Waals surface area contributed by atoms with E-state index in [-0.39, 0.29) is 25.7 Å². The summed E-state index contributed by atoms with van der Waals surface area (Å²) in [5.74, 6) is -0.658. The SMILES string of the molecule is CCCCCCCCCCCCCCCCCCCCCCCCC(=O)O[C@H](COC(=O)CCCCCCCCCCC(C)CC)COP(=O)(O)OC[C@@H](O)COP(=O)(O)OC[C@@H](COC(=O)CCCCCCCCC)OC(=O)CCCCCCCCCC(C)C. The summed E-state index contributed by atoms with van der Waals surface area (Å²) in [7, 11) is -9.90. The molecule has 3 unspecified atom stereocenters. The highest BCUT2D eigenvalue weighted by Crippen LogP contribution is 2.45. The number of ether oxygens (including phenoxy) is 4. The van der Waals surface area contributed by atoms with E-state index in [1.807, 2.05) is 0 Å². The average molecular weight is 1340 g/mol. The van der Waals surface area contributed by atoms with Crippen molar-refractivity contribution in [2.24, 2.45) is 11.8 Å². The minimum absolute atomic E-state index is 0.103. The smallest absolute Gasteiger partial charge is 0.462 e. The summed E-state index contributed by atoms with van der Waals surface area (Å²) in [4.78, 5) is 72.4. The van der Waals surface area contributed by atoms with Crippen molar-refractivity contribution in [2.45, 2.75) is 387 Å². The van der Waals surface area contributed by atoms with Crippen molar-refractivity contribution in [3.63, 3.8) is 0 Å². The van der Waals surface area contributed by atoms with Gasteiger partial charge in [0.2, 0.25) is 0 Å². The van der Waals surface area contributed by atoms with E-state index < -0.39 is 97.5 Å². The summed E-state index contributed by atoms with van der Waals surface area (Å²) in [6, 6.07) is 0. The molecular formula is C72H140O17P2. The van der Waals surface area contributed by atoms with Crippen molar-refractivity contribution in [3.05, 3.63) is 0 Å². The lowest BCUT2D eigenvalue weighted by molar-refractivity contribution is -0.161. The molecule has 0 radical (unpaired) electrons. The summed E-state index contributed by atoms with van der Waals surface area (Å²) in [6.07, 6.45) is 50.4. The van der Waals surface area contributed by atoms with Crippen molar-refractivity contribution in [1.29, 1.82) is 0 Å². The molecule has 0 rings (SSSR count). The first kappa shape index (κ1) is 89.1. The van der Waals surface area contributed by atoms with Crippen LogP contribution in [0.2, 0.25) is 0 Å². The van der Waals surface area contributed by atoms with Crippen LogP contribution in [-0.4, -0.2) is 96.7 Å².